The van der Waals surface area contributed by atoms with Crippen LogP contribution in [0.15, 0.2) is 24.3 Å². The number of rotatable bonds is 2. The maximum atomic E-state index is 13.2. The summed E-state index contributed by atoms with van der Waals surface area (Å²) in [5.74, 6) is -0.298. The first-order valence-corrected chi connectivity index (χ1v) is 4.22. The summed E-state index contributed by atoms with van der Waals surface area (Å²) in [7, 11) is 0. The summed E-state index contributed by atoms with van der Waals surface area (Å²) in [6.07, 6.45) is 0. The Bertz CT molecular complexity index is 291. The molecule has 72 valence electrons. The van der Waals surface area contributed by atoms with Crippen molar-refractivity contribution in [3.63, 3.8) is 0 Å². The molecule has 1 aromatic carbocycles. The normalized spacial score (nSPS) is 14.2. The van der Waals surface area contributed by atoms with Gasteiger partial charge in [0, 0.05) is 11.1 Å². The van der Waals surface area contributed by atoms with Gasteiger partial charge in [0.1, 0.15) is 5.82 Å². The van der Waals surface area contributed by atoms with E-state index in [0.717, 1.165) is 0 Å². The zero-order valence-electron chi connectivity index (χ0n) is 7.92. The fourth-order valence-electron chi connectivity index (χ4n) is 1.13. The van der Waals surface area contributed by atoms with Crippen molar-refractivity contribution in [2.24, 2.45) is 11.5 Å². The third-order valence-corrected chi connectivity index (χ3v) is 2.04. The molecule has 0 heterocycles. The van der Waals surface area contributed by atoms with E-state index in [0.29, 0.717) is 5.56 Å². The average Bonchev–Trinajstić information content (AvgIpc) is 2.02. The van der Waals surface area contributed by atoms with Crippen LogP contribution in [-0.2, 0) is 0 Å². The van der Waals surface area contributed by atoms with Crippen LogP contribution in [0, 0.1) is 5.82 Å². The summed E-state index contributed by atoms with van der Waals surface area (Å²) in [5.41, 5.74) is 11.5. The monoisotopic (exact) mass is 182 g/mol. The smallest absolute Gasteiger partial charge is 0.128 e. The van der Waals surface area contributed by atoms with Crippen LogP contribution in [0.1, 0.15) is 25.5 Å². The first-order chi connectivity index (χ1) is 5.93. The molecular formula is C10H15FN2. The molecular weight excluding hydrogens is 167 g/mol. The van der Waals surface area contributed by atoms with Gasteiger partial charge in [-0.2, -0.15) is 0 Å². The molecule has 0 spiro atoms. The zero-order valence-corrected chi connectivity index (χ0v) is 7.92. The highest BCUT2D eigenvalue weighted by molar-refractivity contribution is 5.23. The van der Waals surface area contributed by atoms with Gasteiger partial charge in [0.05, 0.1) is 6.04 Å². The van der Waals surface area contributed by atoms with Crippen LogP contribution in [0.25, 0.3) is 0 Å². The highest BCUT2D eigenvalue weighted by atomic mass is 19.1. The van der Waals surface area contributed by atoms with E-state index in [1.165, 1.54) is 6.07 Å². The molecule has 13 heavy (non-hydrogen) atoms. The minimum absolute atomic E-state index is 0.298. The molecule has 0 amide bonds. The summed E-state index contributed by atoms with van der Waals surface area (Å²) >= 11 is 0. The third-order valence-electron chi connectivity index (χ3n) is 2.04. The van der Waals surface area contributed by atoms with Crippen LogP contribution in [-0.4, -0.2) is 5.54 Å². The van der Waals surface area contributed by atoms with E-state index in [1.54, 1.807) is 32.0 Å². The summed E-state index contributed by atoms with van der Waals surface area (Å²) in [5, 5.41) is 0. The Morgan fingerprint density at radius 3 is 2.31 bits per heavy atom. The largest absolute Gasteiger partial charge is 0.324 e. The zero-order chi connectivity index (χ0) is 10.1. The fourth-order valence-corrected chi connectivity index (χ4v) is 1.13. The van der Waals surface area contributed by atoms with Crippen molar-refractivity contribution in [3.05, 3.63) is 35.6 Å². The van der Waals surface area contributed by atoms with Crippen molar-refractivity contribution >= 4 is 0 Å². The lowest BCUT2D eigenvalue weighted by atomic mass is 9.90. The Hall–Kier alpha value is -0.930. The van der Waals surface area contributed by atoms with Gasteiger partial charge in [0.15, 0.2) is 0 Å². The Balaban J connectivity index is 3.02. The number of halogens is 1. The van der Waals surface area contributed by atoms with Gasteiger partial charge in [-0.05, 0) is 19.9 Å². The van der Waals surface area contributed by atoms with E-state index >= 15 is 0 Å². The minimum atomic E-state index is -0.609. The van der Waals surface area contributed by atoms with Crippen molar-refractivity contribution in [3.8, 4) is 0 Å². The number of hydrogen-bond acceptors (Lipinski definition) is 2. The van der Waals surface area contributed by atoms with Crippen molar-refractivity contribution < 1.29 is 4.39 Å². The first-order valence-electron chi connectivity index (χ1n) is 4.22. The molecule has 4 N–H and O–H groups in total. The van der Waals surface area contributed by atoms with Crippen LogP contribution < -0.4 is 11.5 Å². The summed E-state index contributed by atoms with van der Waals surface area (Å²) < 4.78 is 13.2. The van der Waals surface area contributed by atoms with Gasteiger partial charge >= 0.3 is 0 Å². The van der Waals surface area contributed by atoms with E-state index in [-0.39, 0.29) is 5.82 Å². The molecule has 0 saturated carbocycles. The predicted octanol–water partition coefficient (Wildman–Crippen LogP) is 1.56. The minimum Gasteiger partial charge on any atom is -0.324 e. The number of benzene rings is 1. The van der Waals surface area contributed by atoms with E-state index in [4.69, 9.17) is 11.5 Å². The molecule has 1 unspecified atom stereocenters. The Kier molecular flexibility index (Phi) is 2.68. The second kappa shape index (κ2) is 3.44. The van der Waals surface area contributed by atoms with Gasteiger partial charge in [-0.1, -0.05) is 18.2 Å². The highest BCUT2D eigenvalue weighted by Gasteiger charge is 2.24. The van der Waals surface area contributed by atoms with Crippen molar-refractivity contribution in [1.29, 1.82) is 0 Å². The highest BCUT2D eigenvalue weighted by Crippen LogP contribution is 2.22. The number of nitrogens with two attached hydrogens (primary N) is 2. The molecule has 1 aromatic rings. The van der Waals surface area contributed by atoms with Crippen molar-refractivity contribution in [2.45, 2.75) is 25.4 Å². The molecule has 3 heteroatoms. The molecule has 2 nitrogen and oxygen atoms in total. The Morgan fingerprint density at radius 1 is 1.31 bits per heavy atom. The Morgan fingerprint density at radius 2 is 1.85 bits per heavy atom. The van der Waals surface area contributed by atoms with E-state index in [1.807, 2.05) is 0 Å². The SMILES string of the molecule is CC(C)(N)C(N)c1ccccc1F. The van der Waals surface area contributed by atoms with Gasteiger partial charge in [-0.25, -0.2) is 4.39 Å². The van der Waals surface area contributed by atoms with Crippen LogP contribution >= 0.6 is 0 Å². The quantitative estimate of drug-likeness (QED) is 0.729. The molecule has 0 aromatic heterocycles. The maximum absolute atomic E-state index is 13.2. The molecule has 0 aliphatic heterocycles. The lowest BCUT2D eigenvalue weighted by Crippen LogP contribution is -2.44. The Labute approximate surface area is 77.7 Å². The van der Waals surface area contributed by atoms with E-state index < -0.39 is 11.6 Å². The predicted molar refractivity (Wildman–Crippen MR) is 51.6 cm³/mol. The van der Waals surface area contributed by atoms with Gasteiger partial charge in [-0.3, -0.25) is 0 Å². The first kappa shape index (κ1) is 10.2. The standard InChI is InChI=1S/C10H15FN2/c1-10(2,13)9(12)7-5-3-4-6-8(7)11/h3-6,9H,12-13H2,1-2H3. The maximum Gasteiger partial charge on any atom is 0.128 e. The molecule has 0 bridgehead atoms. The summed E-state index contributed by atoms with van der Waals surface area (Å²) in [6.45, 7) is 3.56. The van der Waals surface area contributed by atoms with Crippen LogP contribution in [0.2, 0.25) is 0 Å². The average molecular weight is 182 g/mol. The van der Waals surface area contributed by atoms with Crippen molar-refractivity contribution in [2.75, 3.05) is 0 Å². The van der Waals surface area contributed by atoms with Crippen molar-refractivity contribution in [1.82, 2.24) is 0 Å². The number of hydrogen-bond donors (Lipinski definition) is 2. The molecule has 0 radical (unpaired) electrons. The van der Waals surface area contributed by atoms with E-state index in [2.05, 4.69) is 0 Å². The molecule has 0 fully saturated rings. The fraction of sp³-hybridized carbons (Fsp3) is 0.400. The van der Waals surface area contributed by atoms with Crippen LogP contribution in [0.4, 0.5) is 4.39 Å². The topological polar surface area (TPSA) is 52.0 Å². The molecule has 0 saturated heterocycles. The van der Waals surface area contributed by atoms with Crippen LogP contribution in [0.5, 0.6) is 0 Å². The molecule has 1 rings (SSSR count). The second-order valence-corrected chi connectivity index (χ2v) is 3.82. The van der Waals surface area contributed by atoms with Gasteiger partial charge in [0.25, 0.3) is 0 Å². The summed E-state index contributed by atoms with van der Waals surface area (Å²) in [6, 6.07) is 5.96. The second-order valence-electron chi connectivity index (χ2n) is 3.82. The molecule has 1 atom stereocenters. The third kappa shape index (κ3) is 2.26. The van der Waals surface area contributed by atoms with Gasteiger partial charge in [-0.15, -0.1) is 0 Å². The molecule has 0 aliphatic rings. The summed E-state index contributed by atoms with van der Waals surface area (Å²) in [4.78, 5) is 0. The lowest BCUT2D eigenvalue weighted by molar-refractivity contribution is 0.407. The lowest BCUT2D eigenvalue weighted by Gasteiger charge is -2.27. The van der Waals surface area contributed by atoms with Gasteiger partial charge < -0.3 is 11.5 Å². The van der Waals surface area contributed by atoms with E-state index in [9.17, 15) is 4.39 Å². The molecule has 0 aliphatic carbocycles. The van der Waals surface area contributed by atoms with Gasteiger partial charge in [0.2, 0.25) is 0 Å². The van der Waals surface area contributed by atoms with Crippen LogP contribution in [0.3, 0.4) is 0 Å².